The first-order valence-corrected chi connectivity index (χ1v) is 8.74. The van der Waals surface area contributed by atoms with Crippen molar-refractivity contribution in [3.05, 3.63) is 28.8 Å². The van der Waals surface area contributed by atoms with Crippen molar-refractivity contribution in [3.8, 4) is 0 Å². The molecule has 1 heterocycles. The summed E-state index contributed by atoms with van der Waals surface area (Å²) in [6.45, 7) is 0.759. The van der Waals surface area contributed by atoms with Crippen LogP contribution in [0.3, 0.4) is 0 Å². The van der Waals surface area contributed by atoms with Gasteiger partial charge in [-0.1, -0.05) is 11.6 Å². The Morgan fingerprint density at radius 3 is 2.48 bits per heavy atom. The number of piperidine rings is 1. The Balaban J connectivity index is 2.19. The third-order valence-corrected chi connectivity index (χ3v) is 6.24. The molecule has 1 aliphatic heterocycles. The highest BCUT2D eigenvalue weighted by molar-refractivity contribution is 7.89. The van der Waals surface area contributed by atoms with E-state index in [1.165, 1.54) is 22.5 Å². The van der Waals surface area contributed by atoms with Crippen molar-refractivity contribution >= 4 is 21.6 Å². The van der Waals surface area contributed by atoms with Crippen LogP contribution in [0.5, 0.6) is 0 Å². The molecule has 1 aromatic carbocycles. The fraction of sp³-hybridized carbons (Fsp3) is 0.571. The maximum absolute atomic E-state index is 12.6. The highest BCUT2D eigenvalue weighted by Gasteiger charge is 2.30. The van der Waals surface area contributed by atoms with Gasteiger partial charge >= 0.3 is 0 Å². The average molecular weight is 333 g/mol. The van der Waals surface area contributed by atoms with Crippen LogP contribution in [0.15, 0.2) is 23.1 Å². The molecule has 0 radical (unpaired) electrons. The van der Waals surface area contributed by atoms with E-state index in [9.17, 15) is 13.5 Å². The minimum atomic E-state index is -3.52. The number of halogens is 1. The molecule has 7 heteroatoms. The molecule has 0 amide bonds. The molecule has 0 bridgehead atoms. The van der Waals surface area contributed by atoms with Gasteiger partial charge in [0.15, 0.2) is 0 Å². The maximum Gasteiger partial charge on any atom is 0.243 e. The third kappa shape index (κ3) is 3.57. The van der Waals surface area contributed by atoms with Gasteiger partial charge in [0, 0.05) is 24.2 Å². The summed E-state index contributed by atoms with van der Waals surface area (Å²) in [6.07, 6.45) is 1.65. The molecule has 1 N–H and O–H groups in total. The minimum Gasteiger partial charge on any atom is -0.392 e. The van der Waals surface area contributed by atoms with E-state index in [1.807, 2.05) is 14.1 Å². The molecule has 2 rings (SSSR count). The van der Waals surface area contributed by atoms with Crippen LogP contribution in [0.1, 0.15) is 18.4 Å². The highest BCUT2D eigenvalue weighted by Crippen LogP contribution is 2.25. The van der Waals surface area contributed by atoms with Crippen LogP contribution in [-0.2, 0) is 16.6 Å². The molecule has 0 aliphatic carbocycles. The van der Waals surface area contributed by atoms with Gasteiger partial charge in [0.05, 0.1) is 11.5 Å². The lowest BCUT2D eigenvalue weighted by Crippen LogP contribution is -2.44. The van der Waals surface area contributed by atoms with Crippen molar-refractivity contribution in [1.82, 2.24) is 9.21 Å². The van der Waals surface area contributed by atoms with Crippen molar-refractivity contribution < 1.29 is 13.5 Å². The van der Waals surface area contributed by atoms with E-state index in [-0.39, 0.29) is 11.5 Å². The predicted octanol–water partition coefficient (Wildman–Crippen LogP) is 1.55. The van der Waals surface area contributed by atoms with Gasteiger partial charge in [-0.05, 0) is 50.7 Å². The molecule has 1 aromatic rings. The number of hydrogen-bond acceptors (Lipinski definition) is 4. The van der Waals surface area contributed by atoms with Crippen molar-refractivity contribution in [2.45, 2.75) is 30.4 Å². The quantitative estimate of drug-likeness (QED) is 0.908. The Kier molecular flexibility index (Phi) is 5.27. The fourth-order valence-corrected chi connectivity index (χ4v) is 4.28. The summed E-state index contributed by atoms with van der Waals surface area (Å²) in [5.74, 6) is 0. The molecular formula is C14H21ClN2O3S. The Bertz CT molecular complexity index is 596. The number of hydrogen-bond donors (Lipinski definition) is 1. The second-order valence-corrected chi connectivity index (χ2v) is 7.86. The molecule has 1 aliphatic rings. The number of sulfonamides is 1. The molecule has 0 spiro atoms. The molecule has 21 heavy (non-hydrogen) atoms. The van der Waals surface area contributed by atoms with E-state index in [1.54, 1.807) is 0 Å². The van der Waals surface area contributed by atoms with E-state index in [4.69, 9.17) is 11.6 Å². The summed E-state index contributed by atoms with van der Waals surface area (Å²) in [6, 6.07) is 4.89. The molecule has 0 saturated carbocycles. The van der Waals surface area contributed by atoms with Crippen LogP contribution in [0.4, 0.5) is 0 Å². The van der Waals surface area contributed by atoms with E-state index in [2.05, 4.69) is 4.90 Å². The van der Waals surface area contributed by atoms with Gasteiger partial charge in [-0.15, -0.1) is 0 Å². The Hall–Kier alpha value is -0.660. The smallest absolute Gasteiger partial charge is 0.243 e. The van der Waals surface area contributed by atoms with Crippen molar-refractivity contribution in [2.24, 2.45) is 0 Å². The topological polar surface area (TPSA) is 60.9 Å². The van der Waals surface area contributed by atoms with Gasteiger partial charge in [-0.2, -0.15) is 4.31 Å². The predicted molar refractivity (Wildman–Crippen MR) is 82.8 cm³/mol. The standard InChI is InChI=1S/C14H21ClN2O3S/c1-16(2)12-5-7-17(8-6-12)21(19,20)13-3-4-14(15)11(9-13)10-18/h3-4,9,12,18H,5-8,10H2,1-2H3. The minimum absolute atomic E-state index is 0.194. The fourth-order valence-electron chi connectivity index (χ4n) is 2.58. The van der Waals surface area contributed by atoms with Gasteiger partial charge in [0.1, 0.15) is 0 Å². The maximum atomic E-state index is 12.6. The Labute approximate surface area is 131 Å². The summed E-state index contributed by atoms with van der Waals surface area (Å²) in [4.78, 5) is 2.33. The van der Waals surface area contributed by atoms with Crippen LogP contribution < -0.4 is 0 Å². The first-order chi connectivity index (χ1) is 9.86. The zero-order valence-corrected chi connectivity index (χ0v) is 13.9. The molecule has 0 unspecified atom stereocenters. The highest BCUT2D eigenvalue weighted by atomic mass is 35.5. The number of aliphatic hydroxyl groups is 1. The van der Waals surface area contributed by atoms with E-state index >= 15 is 0 Å². The van der Waals surface area contributed by atoms with E-state index in [0.717, 1.165) is 12.8 Å². The second-order valence-electron chi connectivity index (χ2n) is 5.51. The molecule has 1 saturated heterocycles. The largest absolute Gasteiger partial charge is 0.392 e. The molecule has 118 valence electrons. The van der Waals surface area contributed by atoms with Gasteiger partial charge in [-0.25, -0.2) is 8.42 Å². The molecular weight excluding hydrogens is 312 g/mol. The van der Waals surface area contributed by atoms with Crippen molar-refractivity contribution in [2.75, 3.05) is 27.2 Å². The molecule has 0 aromatic heterocycles. The summed E-state index contributed by atoms with van der Waals surface area (Å²) >= 11 is 5.91. The van der Waals surface area contributed by atoms with E-state index < -0.39 is 10.0 Å². The lowest BCUT2D eigenvalue weighted by molar-refractivity contribution is 0.196. The SMILES string of the molecule is CN(C)C1CCN(S(=O)(=O)c2ccc(Cl)c(CO)c2)CC1. The lowest BCUT2D eigenvalue weighted by Gasteiger charge is -2.34. The van der Waals surface area contributed by atoms with Crippen molar-refractivity contribution in [3.63, 3.8) is 0 Å². The first-order valence-electron chi connectivity index (χ1n) is 6.92. The summed E-state index contributed by atoms with van der Waals surface area (Å²) in [7, 11) is 0.515. The zero-order valence-electron chi connectivity index (χ0n) is 12.3. The van der Waals surface area contributed by atoms with Crippen molar-refractivity contribution in [1.29, 1.82) is 0 Å². The second kappa shape index (κ2) is 6.62. The Morgan fingerprint density at radius 1 is 1.33 bits per heavy atom. The number of rotatable bonds is 4. The third-order valence-electron chi connectivity index (χ3n) is 3.98. The average Bonchev–Trinajstić information content (AvgIpc) is 2.47. The van der Waals surface area contributed by atoms with Crippen LogP contribution >= 0.6 is 11.6 Å². The van der Waals surface area contributed by atoms with Crippen LogP contribution in [0, 0.1) is 0 Å². The summed E-state index contributed by atoms with van der Waals surface area (Å²) in [5, 5.41) is 9.59. The summed E-state index contributed by atoms with van der Waals surface area (Å²) in [5.41, 5.74) is 0.431. The van der Waals surface area contributed by atoms with Crippen LogP contribution in [-0.4, -0.2) is 56.0 Å². The van der Waals surface area contributed by atoms with Gasteiger partial charge in [-0.3, -0.25) is 0 Å². The normalized spacial score (nSPS) is 18.3. The molecule has 5 nitrogen and oxygen atoms in total. The number of nitrogens with zero attached hydrogens (tertiary/aromatic N) is 2. The van der Waals surface area contributed by atoms with Crippen LogP contribution in [0.25, 0.3) is 0 Å². The lowest BCUT2D eigenvalue weighted by atomic mass is 10.1. The van der Waals surface area contributed by atoms with Gasteiger partial charge < -0.3 is 10.0 Å². The Morgan fingerprint density at radius 2 is 1.95 bits per heavy atom. The number of aliphatic hydroxyl groups excluding tert-OH is 1. The zero-order chi connectivity index (χ0) is 15.6. The monoisotopic (exact) mass is 332 g/mol. The van der Waals surface area contributed by atoms with Crippen LogP contribution in [0.2, 0.25) is 5.02 Å². The molecule has 0 atom stereocenters. The van der Waals surface area contributed by atoms with E-state index in [0.29, 0.717) is 29.7 Å². The number of benzene rings is 1. The van der Waals surface area contributed by atoms with Gasteiger partial charge in [0.25, 0.3) is 0 Å². The first kappa shape index (κ1) is 16.7. The molecule has 1 fully saturated rings. The summed E-state index contributed by atoms with van der Waals surface area (Å²) < 4.78 is 26.8. The van der Waals surface area contributed by atoms with Gasteiger partial charge in [0.2, 0.25) is 10.0 Å².